The number of rotatable bonds is 1. The molecule has 0 radical (unpaired) electrons. The molecule has 0 bridgehead atoms. The zero-order valence-corrected chi connectivity index (χ0v) is 8.63. The summed E-state index contributed by atoms with van der Waals surface area (Å²) in [5, 5.41) is 2.48. The Labute approximate surface area is 81.1 Å². The van der Waals surface area contributed by atoms with Crippen molar-refractivity contribution >= 4 is 0 Å². The number of piperidine rings is 1. The van der Waals surface area contributed by atoms with Crippen LogP contribution in [0.3, 0.4) is 0 Å². The first-order valence-corrected chi connectivity index (χ1v) is 5.55. The number of hydrazine groups is 1. The molecule has 76 valence electrons. The van der Waals surface area contributed by atoms with Crippen molar-refractivity contribution in [3.05, 3.63) is 0 Å². The number of hydrogen-bond donors (Lipinski definition) is 1. The molecule has 2 rings (SSSR count). The Morgan fingerprint density at radius 3 is 2.46 bits per heavy atom. The molecule has 3 nitrogen and oxygen atoms in total. The second kappa shape index (κ2) is 4.40. The molecule has 0 spiro atoms. The Morgan fingerprint density at radius 1 is 1.08 bits per heavy atom. The molecule has 0 amide bonds. The van der Waals surface area contributed by atoms with Gasteiger partial charge in [-0.3, -0.25) is 5.43 Å². The summed E-state index contributed by atoms with van der Waals surface area (Å²) in [5.41, 5.74) is 3.52. The van der Waals surface area contributed by atoms with Gasteiger partial charge >= 0.3 is 0 Å². The maximum Gasteiger partial charge on any atom is 0.0267 e. The lowest BCUT2D eigenvalue weighted by Gasteiger charge is -2.39. The molecule has 0 aliphatic carbocycles. The normalized spacial score (nSPS) is 29.3. The van der Waals surface area contributed by atoms with Gasteiger partial charge in [-0.1, -0.05) is 0 Å². The van der Waals surface area contributed by atoms with Gasteiger partial charge in [0.2, 0.25) is 0 Å². The zero-order valence-electron chi connectivity index (χ0n) is 8.63. The van der Waals surface area contributed by atoms with Gasteiger partial charge in [-0.15, -0.1) is 0 Å². The second-order valence-corrected chi connectivity index (χ2v) is 4.34. The van der Waals surface area contributed by atoms with Crippen LogP contribution in [0.15, 0.2) is 0 Å². The molecule has 1 N–H and O–H groups in total. The Kier molecular flexibility index (Phi) is 3.19. The molecule has 0 aromatic carbocycles. The fourth-order valence-corrected chi connectivity index (χ4v) is 2.33. The van der Waals surface area contributed by atoms with Crippen molar-refractivity contribution in [2.45, 2.75) is 31.7 Å². The quantitative estimate of drug-likeness (QED) is 0.645. The predicted molar refractivity (Wildman–Crippen MR) is 54.5 cm³/mol. The lowest BCUT2D eigenvalue weighted by molar-refractivity contribution is 0.0554. The van der Waals surface area contributed by atoms with E-state index in [4.69, 9.17) is 0 Å². The van der Waals surface area contributed by atoms with Crippen molar-refractivity contribution in [3.63, 3.8) is 0 Å². The van der Waals surface area contributed by atoms with Gasteiger partial charge in [-0.25, -0.2) is 5.01 Å². The summed E-state index contributed by atoms with van der Waals surface area (Å²) in [5.74, 6) is 0. The number of hydrogen-bond acceptors (Lipinski definition) is 3. The van der Waals surface area contributed by atoms with Crippen molar-refractivity contribution in [2.24, 2.45) is 0 Å². The highest BCUT2D eigenvalue weighted by Gasteiger charge is 2.23. The highest BCUT2D eigenvalue weighted by molar-refractivity contribution is 4.78. The summed E-state index contributed by atoms with van der Waals surface area (Å²) in [7, 11) is 2.22. The molecule has 13 heavy (non-hydrogen) atoms. The Hall–Kier alpha value is -0.120. The molecule has 0 aromatic heterocycles. The van der Waals surface area contributed by atoms with Crippen molar-refractivity contribution in [1.82, 2.24) is 15.3 Å². The number of nitrogens with zero attached hydrogens (tertiary/aromatic N) is 2. The van der Waals surface area contributed by atoms with Crippen LogP contribution >= 0.6 is 0 Å². The molecule has 0 atom stereocenters. The van der Waals surface area contributed by atoms with Crippen LogP contribution in [0.1, 0.15) is 25.7 Å². The minimum absolute atomic E-state index is 0.802. The maximum atomic E-state index is 3.52. The zero-order chi connectivity index (χ0) is 9.10. The average Bonchev–Trinajstić information content (AvgIpc) is 2.20. The van der Waals surface area contributed by atoms with Crippen LogP contribution in [0.5, 0.6) is 0 Å². The molecular formula is C10H21N3. The van der Waals surface area contributed by atoms with Crippen LogP contribution in [-0.2, 0) is 0 Å². The smallest absolute Gasteiger partial charge is 0.0267 e. The van der Waals surface area contributed by atoms with Gasteiger partial charge in [0, 0.05) is 19.1 Å². The summed E-state index contributed by atoms with van der Waals surface area (Å²) in [6.45, 7) is 4.98. The third-order valence-electron chi connectivity index (χ3n) is 3.27. The fraction of sp³-hybridized carbons (Fsp3) is 1.00. The van der Waals surface area contributed by atoms with E-state index in [1.165, 1.54) is 51.9 Å². The molecule has 2 aliphatic rings. The lowest BCUT2D eigenvalue weighted by Crippen LogP contribution is -2.52. The van der Waals surface area contributed by atoms with Crippen LogP contribution in [0.2, 0.25) is 0 Å². The fourth-order valence-electron chi connectivity index (χ4n) is 2.33. The van der Waals surface area contributed by atoms with E-state index in [1.807, 2.05) is 0 Å². The minimum atomic E-state index is 0.802. The third-order valence-corrected chi connectivity index (χ3v) is 3.27. The molecule has 2 aliphatic heterocycles. The first-order chi connectivity index (χ1) is 6.36. The highest BCUT2D eigenvalue weighted by atomic mass is 15.5. The summed E-state index contributed by atoms with van der Waals surface area (Å²) in [4.78, 5) is 2.43. The van der Waals surface area contributed by atoms with Crippen LogP contribution in [0.4, 0.5) is 0 Å². The molecule has 0 saturated carbocycles. The van der Waals surface area contributed by atoms with Gasteiger partial charge in [0.1, 0.15) is 0 Å². The number of nitrogens with one attached hydrogen (secondary N) is 1. The molecular weight excluding hydrogens is 162 g/mol. The van der Waals surface area contributed by atoms with Gasteiger partial charge < -0.3 is 4.90 Å². The van der Waals surface area contributed by atoms with Crippen LogP contribution in [-0.4, -0.2) is 49.2 Å². The summed E-state index contributed by atoms with van der Waals surface area (Å²) in [6.07, 6.45) is 5.40. The van der Waals surface area contributed by atoms with Crippen LogP contribution in [0.25, 0.3) is 0 Å². The topological polar surface area (TPSA) is 18.5 Å². The van der Waals surface area contributed by atoms with Gasteiger partial charge in [0.05, 0.1) is 0 Å². The highest BCUT2D eigenvalue weighted by Crippen LogP contribution is 2.15. The first-order valence-electron chi connectivity index (χ1n) is 5.55. The predicted octanol–water partition coefficient (Wildman–Crippen LogP) is 0.681. The molecule has 2 heterocycles. The Morgan fingerprint density at radius 2 is 1.85 bits per heavy atom. The van der Waals surface area contributed by atoms with E-state index in [9.17, 15) is 0 Å². The molecule has 0 unspecified atom stereocenters. The second-order valence-electron chi connectivity index (χ2n) is 4.34. The first kappa shape index (κ1) is 9.44. The molecule has 2 saturated heterocycles. The monoisotopic (exact) mass is 183 g/mol. The van der Waals surface area contributed by atoms with Gasteiger partial charge in [0.25, 0.3) is 0 Å². The van der Waals surface area contributed by atoms with E-state index in [0.717, 1.165) is 6.04 Å². The van der Waals surface area contributed by atoms with Crippen molar-refractivity contribution in [2.75, 3.05) is 33.2 Å². The SMILES string of the molecule is CN1CCC(N2CCCCN2)CC1. The summed E-state index contributed by atoms with van der Waals surface area (Å²) < 4.78 is 0. The standard InChI is InChI=1S/C10H21N3/c1-12-8-4-10(5-9-12)13-7-3-2-6-11-13/h10-11H,2-9H2,1H3. The van der Waals surface area contributed by atoms with Crippen LogP contribution < -0.4 is 5.43 Å². The Bertz CT molecular complexity index is 146. The third kappa shape index (κ3) is 2.42. The van der Waals surface area contributed by atoms with Crippen molar-refractivity contribution < 1.29 is 0 Å². The van der Waals surface area contributed by atoms with Gasteiger partial charge in [-0.05, 0) is 45.8 Å². The number of likely N-dealkylation sites (tertiary alicyclic amines) is 1. The molecule has 2 fully saturated rings. The molecule has 0 aromatic rings. The van der Waals surface area contributed by atoms with E-state index in [2.05, 4.69) is 22.4 Å². The largest absolute Gasteiger partial charge is 0.306 e. The van der Waals surface area contributed by atoms with Gasteiger partial charge in [0.15, 0.2) is 0 Å². The summed E-state index contributed by atoms with van der Waals surface area (Å²) in [6, 6.07) is 0.802. The van der Waals surface area contributed by atoms with Crippen LogP contribution in [0, 0.1) is 0 Å². The van der Waals surface area contributed by atoms with Crippen molar-refractivity contribution in [3.8, 4) is 0 Å². The summed E-state index contributed by atoms with van der Waals surface area (Å²) >= 11 is 0. The lowest BCUT2D eigenvalue weighted by atomic mass is 10.0. The maximum absolute atomic E-state index is 3.52. The minimum Gasteiger partial charge on any atom is -0.306 e. The van der Waals surface area contributed by atoms with Crippen molar-refractivity contribution in [1.29, 1.82) is 0 Å². The van der Waals surface area contributed by atoms with E-state index in [0.29, 0.717) is 0 Å². The Balaban J connectivity index is 1.79. The van der Waals surface area contributed by atoms with Gasteiger partial charge in [-0.2, -0.15) is 0 Å². The van der Waals surface area contributed by atoms with E-state index < -0.39 is 0 Å². The average molecular weight is 183 g/mol. The van der Waals surface area contributed by atoms with E-state index in [-0.39, 0.29) is 0 Å². The van der Waals surface area contributed by atoms with E-state index in [1.54, 1.807) is 0 Å². The molecule has 3 heteroatoms. The van der Waals surface area contributed by atoms with E-state index >= 15 is 0 Å².